The molecule has 100 valence electrons. The van der Waals surface area contributed by atoms with Gasteiger partial charge in [-0.2, -0.15) is 0 Å². The number of hydrogen-bond donors (Lipinski definition) is 1. The quantitative estimate of drug-likeness (QED) is 0.784. The van der Waals surface area contributed by atoms with E-state index in [0.717, 1.165) is 11.3 Å². The predicted octanol–water partition coefficient (Wildman–Crippen LogP) is 1.08. The maximum absolute atomic E-state index is 11.7. The van der Waals surface area contributed by atoms with Gasteiger partial charge in [-0.1, -0.05) is 0 Å². The van der Waals surface area contributed by atoms with Gasteiger partial charge in [0.15, 0.2) is 0 Å². The van der Waals surface area contributed by atoms with Crippen molar-refractivity contribution in [2.45, 2.75) is 20.0 Å². The first kappa shape index (κ1) is 14.6. The molecular formula is C11H16N2O4S. The first-order valence-corrected chi connectivity index (χ1v) is 6.40. The summed E-state index contributed by atoms with van der Waals surface area (Å²) in [6, 6.07) is 0. The summed E-state index contributed by atoms with van der Waals surface area (Å²) in [6.07, 6.45) is -0.0721. The Kier molecular flexibility index (Phi) is 5.73. The molecular weight excluding hydrogens is 256 g/mol. The van der Waals surface area contributed by atoms with Crippen LogP contribution in [0.25, 0.3) is 0 Å². The molecule has 0 saturated heterocycles. The minimum absolute atomic E-state index is 0.0721. The van der Waals surface area contributed by atoms with Crippen molar-refractivity contribution < 1.29 is 19.1 Å². The van der Waals surface area contributed by atoms with E-state index in [2.05, 4.69) is 10.3 Å². The number of methoxy groups -OCH3 is 1. The number of nitrogens with one attached hydrogen (secondary N) is 1. The second kappa shape index (κ2) is 7.07. The fourth-order valence-electron chi connectivity index (χ4n) is 1.07. The molecule has 1 aromatic rings. The van der Waals surface area contributed by atoms with E-state index in [1.807, 2.05) is 6.92 Å². The molecule has 0 fully saturated rings. The highest BCUT2D eigenvalue weighted by Crippen LogP contribution is 2.11. The van der Waals surface area contributed by atoms with Gasteiger partial charge in [0, 0.05) is 19.0 Å². The van der Waals surface area contributed by atoms with Crippen LogP contribution in [0.4, 0.5) is 0 Å². The van der Waals surface area contributed by atoms with Gasteiger partial charge in [0.1, 0.15) is 5.69 Å². The predicted molar refractivity (Wildman–Crippen MR) is 66.9 cm³/mol. The van der Waals surface area contributed by atoms with Crippen LogP contribution in [0, 0.1) is 0 Å². The molecule has 0 bridgehead atoms. The molecule has 1 rings (SSSR count). The minimum atomic E-state index is -0.508. The molecule has 0 aromatic carbocycles. The monoisotopic (exact) mass is 272 g/mol. The van der Waals surface area contributed by atoms with Gasteiger partial charge in [0.25, 0.3) is 5.91 Å². The van der Waals surface area contributed by atoms with E-state index in [1.165, 1.54) is 5.38 Å². The topological polar surface area (TPSA) is 77.5 Å². The normalized spacial score (nSPS) is 11.9. The van der Waals surface area contributed by atoms with Crippen LogP contribution in [-0.2, 0) is 9.47 Å². The van der Waals surface area contributed by atoms with Crippen molar-refractivity contribution in [2.75, 3.05) is 20.3 Å². The largest absolute Gasteiger partial charge is 0.461 e. The summed E-state index contributed by atoms with van der Waals surface area (Å²) >= 11 is 1.09. The maximum Gasteiger partial charge on any atom is 0.367 e. The van der Waals surface area contributed by atoms with Crippen LogP contribution in [0.1, 0.15) is 34.1 Å². The Morgan fingerprint density at radius 3 is 2.89 bits per heavy atom. The lowest BCUT2D eigenvalue weighted by atomic mass is 10.4. The molecule has 1 aromatic heterocycles. The first-order valence-electron chi connectivity index (χ1n) is 5.52. The zero-order chi connectivity index (χ0) is 13.5. The van der Waals surface area contributed by atoms with Crippen LogP contribution in [0.3, 0.4) is 0 Å². The summed E-state index contributed by atoms with van der Waals surface area (Å²) in [6.45, 7) is 4.23. The molecule has 1 heterocycles. The number of esters is 1. The number of ether oxygens (including phenoxy) is 2. The van der Waals surface area contributed by atoms with Crippen molar-refractivity contribution in [2.24, 2.45) is 0 Å². The van der Waals surface area contributed by atoms with Gasteiger partial charge in [-0.05, 0) is 13.8 Å². The van der Waals surface area contributed by atoms with Crippen LogP contribution < -0.4 is 5.32 Å². The molecule has 18 heavy (non-hydrogen) atoms. The number of thiazole rings is 1. The SMILES string of the molecule is CCOC(=O)c1nc(C(=O)NCC(C)OC)cs1. The van der Waals surface area contributed by atoms with Crippen LogP contribution in [-0.4, -0.2) is 43.2 Å². The average molecular weight is 272 g/mol. The standard InChI is InChI=1S/C11H16N2O4S/c1-4-17-11(15)10-13-8(6-18-10)9(14)12-5-7(2)16-3/h6-7H,4-5H2,1-3H3,(H,12,14). The Morgan fingerprint density at radius 2 is 2.28 bits per heavy atom. The summed E-state index contributed by atoms with van der Waals surface area (Å²) in [5, 5.41) is 4.37. The number of nitrogens with zero attached hydrogens (tertiary/aromatic N) is 1. The molecule has 0 spiro atoms. The summed E-state index contributed by atoms with van der Waals surface area (Å²) < 4.78 is 9.80. The first-order chi connectivity index (χ1) is 8.58. The van der Waals surface area contributed by atoms with E-state index >= 15 is 0 Å². The molecule has 0 saturated carbocycles. The highest BCUT2D eigenvalue weighted by atomic mass is 32.1. The van der Waals surface area contributed by atoms with Gasteiger partial charge < -0.3 is 14.8 Å². The van der Waals surface area contributed by atoms with Crippen molar-refractivity contribution >= 4 is 23.2 Å². The molecule has 1 N–H and O–H groups in total. The van der Waals surface area contributed by atoms with E-state index in [0.29, 0.717) is 6.54 Å². The fraction of sp³-hybridized carbons (Fsp3) is 0.545. The lowest BCUT2D eigenvalue weighted by Crippen LogP contribution is -2.31. The van der Waals surface area contributed by atoms with E-state index in [1.54, 1.807) is 14.0 Å². The Balaban J connectivity index is 2.57. The van der Waals surface area contributed by atoms with Crippen molar-refractivity contribution in [3.05, 3.63) is 16.1 Å². The van der Waals surface area contributed by atoms with Gasteiger partial charge in [-0.3, -0.25) is 4.79 Å². The molecule has 0 aliphatic heterocycles. The summed E-state index contributed by atoms with van der Waals surface area (Å²) in [5.41, 5.74) is 0.214. The molecule has 0 radical (unpaired) electrons. The van der Waals surface area contributed by atoms with E-state index in [4.69, 9.17) is 9.47 Å². The molecule has 0 aliphatic rings. The van der Waals surface area contributed by atoms with E-state index in [9.17, 15) is 9.59 Å². The number of rotatable bonds is 6. The fourth-order valence-corrected chi connectivity index (χ4v) is 1.76. The van der Waals surface area contributed by atoms with Crippen LogP contribution >= 0.6 is 11.3 Å². The Morgan fingerprint density at radius 1 is 1.56 bits per heavy atom. The van der Waals surface area contributed by atoms with E-state index in [-0.39, 0.29) is 29.3 Å². The van der Waals surface area contributed by atoms with Gasteiger partial charge in [0.2, 0.25) is 5.01 Å². The Bertz CT molecular complexity index is 419. The number of carbonyl (C=O) groups is 2. The zero-order valence-corrected chi connectivity index (χ0v) is 11.4. The second-order valence-electron chi connectivity index (χ2n) is 3.51. The smallest absolute Gasteiger partial charge is 0.367 e. The zero-order valence-electron chi connectivity index (χ0n) is 10.6. The van der Waals surface area contributed by atoms with Gasteiger partial charge in [-0.15, -0.1) is 11.3 Å². The summed E-state index contributed by atoms with van der Waals surface area (Å²) in [4.78, 5) is 27.0. The highest BCUT2D eigenvalue weighted by molar-refractivity contribution is 7.11. The number of carbonyl (C=O) groups excluding carboxylic acids is 2. The minimum Gasteiger partial charge on any atom is -0.461 e. The number of amides is 1. The van der Waals surface area contributed by atoms with E-state index < -0.39 is 5.97 Å². The second-order valence-corrected chi connectivity index (χ2v) is 4.37. The van der Waals surface area contributed by atoms with Crippen LogP contribution in [0.15, 0.2) is 5.38 Å². The van der Waals surface area contributed by atoms with Gasteiger partial charge in [0.05, 0.1) is 12.7 Å². The summed E-state index contributed by atoms with van der Waals surface area (Å²) in [5.74, 6) is -0.836. The lowest BCUT2D eigenvalue weighted by Gasteiger charge is -2.09. The molecule has 1 amide bonds. The third-order valence-electron chi connectivity index (χ3n) is 2.14. The molecule has 0 aliphatic carbocycles. The van der Waals surface area contributed by atoms with Crippen molar-refractivity contribution in [3.8, 4) is 0 Å². The summed E-state index contributed by atoms with van der Waals surface area (Å²) in [7, 11) is 1.57. The van der Waals surface area contributed by atoms with Gasteiger partial charge >= 0.3 is 5.97 Å². The third-order valence-corrected chi connectivity index (χ3v) is 2.96. The molecule has 1 atom stereocenters. The van der Waals surface area contributed by atoms with Crippen molar-refractivity contribution in [1.29, 1.82) is 0 Å². The Labute approximate surface area is 109 Å². The molecule has 7 heteroatoms. The lowest BCUT2D eigenvalue weighted by molar-refractivity contribution is 0.0526. The van der Waals surface area contributed by atoms with Crippen LogP contribution in [0.2, 0.25) is 0 Å². The number of aromatic nitrogens is 1. The molecule has 6 nitrogen and oxygen atoms in total. The number of hydrogen-bond acceptors (Lipinski definition) is 6. The third kappa shape index (κ3) is 4.08. The van der Waals surface area contributed by atoms with Crippen molar-refractivity contribution in [3.63, 3.8) is 0 Å². The highest BCUT2D eigenvalue weighted by Gasteiger charge is 2.16. The molecule has 1 unspecified atom stereocenters. The van der Waals surface area contributed by atoms with Crippen LogP contribution in [0.5, 0.6) is 0 Å². The maximum atomic E-state index is 11.7. The van der Waals surface area contributed by atoms with Gasteiger partial charge in [-0.25, -0.2) is 9.78 Å². The Hall–Kier alpha value is -1.47. The average Bonchev–Trinajstić information content (AvgIpc) is 2.85. The van der Waals surface area contributed by atoms with Crippen molar-refractivity contribution in [1.82, 2.24) is 10.3 Å².